The average Bonchev–Trinajstić information content (AvgIpc) is 2.22. The van der Waals surface area contributed by atoms with E-state index in [2.05, 4.69) is 32.2 Å². The molecule has 1 aromatic carbocycles. The Morgan fingerprint density at radius 3 is 2.75 bits per heavy atom. The fourth-order valence-corrected chi connectivity index (χ4v) is 1.70. The number of hydrogen-bond donors (Lipinski definition) is 1. The molecule has 90 valence electrons. The predicted molar refractivity (Wildman–Crippen MR) is 71.0 cm³/mol. The zero-order valence-corrected chi connectivity index (χ0v) is 11.7. The fraction of sp³-hybridized carbons (Fsp3) is 0.500. The molecule has 3 nitrogen and oxygen atoms in total. The SMILES string of the molecule is CNCc1cc(OCCN(C)C)ccc1Br. The molecule has 16 heavy (non-hydrogen) atoms. The smallest absolute Gasteiger partial charge is 0.119 e. The topological polar surface area (TPSA) is 24.5 Å². The average molecular weight is 287 g/mol. The van der Waals surface area contributed by atoms with Crippen LogP contribution in [0.2, 0.25) is 0 Å². The molecule has 0 saturated carbocycles. The Kier molecular flexibility index (Phi) is 5.80. The minimum atomic E-state index is 0.716. The van der Waals surface area contributed by atoms with Gasteiger partial charge in [0.05, 0.1) is 0 Å². The van der Waals surface area contributed by atoms with Gasteiger partial charge in [-0.25, -0.2) is 0 Å². The first-order valence-electron chi connectivity index (χ1n) is 5.34. The standard InChI is InChI=1S/C12H19BrN2O/c1-14-9-10-8-11(4-5-12(10)13)16-7-6-15(2)3/h4-5,8,14H,6-7,9H2,1-3H3. The highest BCUT2D eigenvalue weighted by Gasteiger charge is 2.01. The molecule has 0 aliphatic carbocycles. The van der Waals surface area contributed by atoms with Crippen LogP contribution in [0.15, 0.2) is 22.7 Å². The molecule has 0 aromatic heterocycles. The number of nitrogens with one attached hydrogen (secondary N) is 1. The summed E-state index contributed by atoms with van der Waals surface area (Å²) >= 11 is 3.52. The van der Waals surface area contributed by atoms with Crippen molar-refractivity contribution in [3.63, 3.8) is 0 Å². The van der Waals surface area contributed by atoms with Gasteiger partial charge in [0.15, 0.2) is 0 Å². The van der Waals surface area contributed by atoms with Crippen LogP contribution in [-0.4, -0.2) is 39.2 Å². The number of ether oxygens (including phenoxy) is 1. The summed E-state index contributed by atoms with van der Waals surface area (Å²) in [7, 11) is 6.01. The van der Waals surface area contributed by atoms with Crippen molar-refractivity contribution in [1.29, 1.82) is 0 Å². The lowest BCUT2D eigenvalue weighted by atomic mass is 10.2. The van der Waals surface area contributed by atoms with Crippen LogP contribution in [0.4, 0.5) is 0 Å². The van der Waals surface area contributed by atoms with Gasteiger partial charge >= 0.3 is 0 Å². The minimum Gasteiger partial charge on any atom is -0.492 e. The molecule has 1 N–H and O–H groups in total. The number of hydrogen-bond acceptors (Lipinski definition) is 3. The lowest BCUT2D eigenvalue weighted by molar-refractivity contribution is 0.261. The van der Waals surface area contributed by atoms with E-state index in [4.69, 9.17) is 4.74 Å². The third kappa shape index (κ3) is 4.51. The monoisotopic (exact) mass is 286 g/mol. The summed E-state index contributed by atoms with van der Waals surface area (Å²) in [4.78, 5) is 2.10. The lowest BCUT2D eigenvalue weighted by Crippen LogP contribution is -2.19. The molecule has 0 bridgehead atoms. The summed E-state index contributed by atoms with van der Waals surface area (Å²) in [6.45, 7) is 2.48. The Balaban J connectivity index is 2.56. The number of rotatable bonds is 6. The van der Waals surface area contributed by atoms with Crippen molar-refractivity contribution in [3.05, 3.63) is 28.2 Å². The van der Waals surface area contributed by atoms with E-state index in [1.807, 2.05) is 33.3 Å². The summed E-state index contributed by atoms with van der Waals surface area (Å²) in [5, 5.41) is 3.13. The molecule has 0 aliphatic heterocycles. The van der Waals surface area contributed by atoms with Crippen LogP contribution in [0.5, 0.6) is 5.75 Å². The van der Waals surface area contributed by atoms with Crippen molar-refractivity contribution in [2.75, 3.05) is 34.3 Å². The number of nitrogens with zero attached hydrogens (tertiary/aromatic N) is 1. The second-order valence-corrected chi connectivity index (χ2v) is 4.79. The molecule has 0 saturated heterocycles. The summed E-state index contributed by atoms with van der Waals surface area (Å²) < 4.78 is 6.78. The van der Waals surface area contributed by atoms with Gasteiger partial charge in [0.25, 0.3) is 0 Å². The van der Waals surface area contributed by atoms with Crippen molar-refractivity contribution >= 4 is 15.9 Å². The van der Waals surface area contributed by atoms with Gasteiger partial charge in [-0.3, -0.25) is 0 Å². The highest BCUT2D eigenvalue weighted by Crippen LogP contribution is 2.22. The van der Waals surface area contributed by atoms with Crippen molar-refractivity contribution in [2.24, 2.45) is 0 Å². The predicted octanol–water partition coefficient (Wildman–Crippen LogP) is 2.11. The second-order valence-electron chi connectivity index (χ2n) is 3.94. The summed E-state index contributed by atoms with van der Waals surface area (Å²) in [6.07, 6.45) is 0. The van der Waals surface area contributed by atoms with Gasteiger partial charge in [-0.15, -0.1) is 0 Å². The van der Waals surface area contributed by atoms with Gasteiger partial charge in [0.1, 0.15) is 12.4 Å². The van der Waals surface area contributed by atoms with Crippen molar-refractivity contribution < 1.29 is 4.74 Å². The Morgan fingerprint density at radius 1 is 1.38 bits per heavy atom. The van der Waals surface area contributed by atoms with E-state index in [9.17, 15) is 0 Å². The number of halogens is 1. The zero-order valence-electron chi connectivity index (χ0n) is 10.1. The van der Waals surface area contributed by atoms with Gasteiger partial charge in [0.2, 0.25) is 0 Å². The Labute approximate surface area is 106 Å². The third-order valence-corrected chi connectivity index (χ3v) is 2.97. The zero-order chi connectivity index (χ0) is 12.0. The maximum Gasteiger partial charge on any atom is 0.119 e. The van der Waals surface area contributed by atoms with E-state index in [0.717, 1.165) is 23.3 Å². The molecular weight excluding hydrogens is 268 g/mol. The highest BCUT2D eigenvalue weighted by molar-refractivity contribution is 9.10. The molecule has 0 radical (unpaired) electrons. The molecule has 0 fully saturated rings. The molecule has 0 aliphatic rings. The maximum atomic E-state index is 5.67. The van der Waals surface area contributed by atoms with Crippen LogP contribution in [0.3, 0.4) is 0 Å². The molecule has 4 heteroatoms. The third-order valence-electron chi connectivity index (χ3n) is 2.19. The van der Waals surface area contributed by atoms with E-state index < -0.39 is 0 Å². The molecular formula is C12H19BrN2O. The van der Waals surface area contributed by atoms with Gasteiger partial charge in [0, 0.05) is 17.6 Å². The van der Waals surface area contributed by atoms with Crippen molar-refractivity contribution in [1.82, 2.24) is 10.2 Å². The molecule has 1 rings (SSSR count). The summed E-state index contributed by atoms with van der Waals surface area (Å²) in [5.74, 6) is 0.926. The first-order valence-corrected chi connectivity index (χ1v) is 6.13. The number of benzene rings is 1. The van der Waals surface area contributed by atoms with E-state index in [1.54, 1.807) is 0 Å². The van der Waals surface area contributed by atoms with E-state index >= 15 is 0 Å². The number of likely N-dealkylation sites (N-methyl/N-ethyl adjacent to an activating group) is 1. The van der Waals surface area contributed by atoms with Gasteiger partial charge < -0.3 is 15.0 Å². The molecule has 0 unspecified atom stereocenters. The largest absolute Gasteiger partial charge is 0.492 e. The van der Waals surface area contributed by atoms with Gasteiger partial charge in [-0.05, 0) is 44.9 Å². The summed E-state index contributed by atoms with van der Waals surface area (Å²) in [6, 6.07) is 6.08. The van der Waals surface area contributed by atoms with Crippen LogP contribution in [0, 0.1) is 0 Å². The maximum absolute atomic E-state index is 5.67. The van der Waals surface area contributed by atoms with E-state index in [-0.39, 0.29) is 0 Å². The Hall–Kier alpha value is -0.580. The Bertz CT molecular complexity index is 329. The quantitative estimate of drug-likeness (QED) is 0.867. The highest BCUT2D eigenvalue weighted by atomic mass is 79.9. The van der Waals surface area contributed by atoms with Crippen LogP contribution in [0.1, 0.15) is 5.56 Å². The van der Waals surface area contributed by atoms with Crippen LogP contribution >= 0.6 is 15.9 Å². The van der Waals surface area contributed by atoms with Gasteiger partial charge in [-0.2, -0.15) is 0 Å². The van der Waals surface area contributed by atoms with Crippen LogP contribution in [0.25, 0.3) is 0 Å². The minimum absolute atomic E-state index is 0.716. The van der Waals surface area contributed by atoms with E-state index in [0.29, 0.717) is 6.61 Å². The first kappa shape index (κ1) is 13.5. The first-order chi connectivity index (χ1) is 7.63. The molecule has 0 heterocycles. The van der Waals surface area contributed by atoms with Crippen molar-refractivity contribution in [3.8, 4) is 5.75 Å². The normalized spacial score (nSPS) is 10.8. The van der Waals surface area contributed by atoms with Crippen LogP contribution < -0.4 is 10.1 Å². The fourth-order valence-electron chi connectivity index (χ4n) is 1.31. The van der Waals surface area contributed by atoms with Gasteiger partial charge in [-0.1, -0.05) is 15.9 Å². The molecule has 1 aromatic rings. The molecule has 0 amide bonds. The molecule has 0 spiro atoms. The van der Waals surface area contributed by atoms with E-state index in [1.165, 1.54) is 5.56 Å². The van der Waals surface area contributed by atoms with Crippen molar-refractivity contribution in [2.45, 2.75) is 6.54 Å². The summed E-state index contributed by atoms with van der Waals surface area (Å²) in [5.41, 5.74) is 1.21. The molecule has 0 atom stereocenters. The Morgan fingerprint density at radius 2 is 2.12 bits per heavy atom. The van der Waals surface area contributed by atoms with Crippen LogP contribution in [-0.2, 0) is 6.54 Å². The second kappa shape index (κ2) is 6.89. The lowest BCUT2D eigenvalue weighted by Gasteiger charge is -2.12.